The van der Waals surface area contributed by atoms with Gasteiger partial charge in [0.2, 0.25) is 17.7 Å². The smallest absolute Gasteiger partial charge is 0.239 e. The number of carbonyl (C=O) groups excluding carboxylic acids is 3. The van der Waals surface area contributed by atoms with E-state index in [1.54, 1.807) is 0 Å². The molecule has 7 nitrogen and oxygen atoms in total. The predicted molar refractivity (Wildman–Crippen MR) is 86.1 cm³/mol. The van der Waals surface area contributed by atoms with Gasteiger partial charge in [0.1, 0.15) is 0 Å². The van der Waals surface area contributed by atoms with Gasteiger partial charge in [-0.2, -0.15) is 0 Å². The first-order valence-corrected chi connectivity index (χ1v) is 7.47. The van der Waals surface area contributed by atoms with Crippen LogP contribution < -0.4 is 16.6 Å². The van der Waals surface area contributed by atoms with E-state index in [9.17, 15) is 14.4 Å². The highest BCUT2D eigenvalue weighted by Crippen LogP contribution is 2.26. The van der Waals surface area contributed by atoms with Gasteiger partial charge in [0.25, 0.3) is 0 Å². The molecule has 0 bridgehead atoms. The Kier molecular flexibility index (Phi) is 5.00. The van der Waals surface area contributed by atoms with Crippen molar-refractivity contribution in [2.45, 2.75) is 20.8 Å². The topological polar surface area (TPSA) is 105 Å². The van der Waals surface area contributed by atoms with Crippen LogP contribution in [0.3, 0.4) is 0 Å². The molecule has 3 amide bonds. The lowest BCUT2D eigenvalue weighted by molar-refractivity contribution is -0.130. The second-order valence-corrected chi connectivity index (χ2v) is 5.95. The molecule has 4 N–H and O–H groups in total. The molecule has 124 valence electrons. The highest BCUT2D eigenvalue weighted by atomic mass is 16.2. The van der Waals surface area contributed by atoms with Gasteiger partial charge < -0.3 is 10.2 Å². The number of nitrogens with one attached hydrogen (secondary N) is 2. The Morgan fingerprint density at radius 2 is 1.74 bits per heavy atom. The minimum atomic E-state index is -0.644. The fourth-order valence-electron chi connectivity index (χ4n) is 2.88. The molecule has 23 heavy (non-hydrogen) atoms. The molecular formula is C16H22N4O3. The lowest BCUT2D eigenvalue weighted by Crippen LogP contribution is -2.42. The summed E-state index contributed by atoms with van der Waals surface area (Å²) in [4.78, 5) is 37.5. The molecule has 0 spiro atoms. The van der Waals surface area contributed by atoms with Gasteiger partial charge in [-0.25, -0.2) is 5.84 Å². The summed E-state index contributed by atoms with van der Waals surface area (Å²) in [5.41, 5.74) is 4.83. The Hall–Kier alpha value is -2.41. The number of hydrazine groups is 1. The van der Waals surface area contributed by atoms with Crippen LogP contribution in [0.2, 0.25) is 0 Å². The number of anilines is 1. The second-order valence-electron chi connectivity index (χ2n) is 5.95. The van der Waals surface area contributed by atoms with E-state index in [2.05, 4.69) is 10.7 Å². The molecule has 0 aromatic heterocycles. The van der Waals surface area contributed by atoms with Crippen LogP contribution in [-0.4, -0.2) is 35.7 Å². The van der Waals surface area contributed by atoms with E-state index < -0.39 is 17.7 Å². The average molecular weight is 318 g/mol. The van der Waals surface area contributed by atoms with E-state index >= 15 is 0 Å². The van der Waals surface area contributed by atoms with Crippen LogP contribution in [-0.2, 0) is 14.4 Å². The number of nitrogens with two attached hydrogens (primary N) is 1. The van der Waals surface area contributed by atoms with Crippen LogP contribution in [0.15, 0.2) is 18.2 Å². The minimum Gasteiger partial charge on any atom is -0.341 e. The molecule has 0 saturated carbocycles. The van der Waals surface area contributed by atoms with Crippen LogP contribution in [0, 0.1) is 25.7 Å². The lowest BCUT2D eigenvalue weighted by atomic mass is 9.94. The van der Waals surface area contributed by atoms with Crippen LogP contribution in [0.1, 0.15) is 18.1 Å². The quantitative estimate of drug-likeness (QED) is 0.424. The zero-order valence-electron chi connectivity index (χ0n) is 13.6. The minimum absolute atomic E-state index is 0.165. The first-order valence-electron chi connectivity index (χ1n) is 7.47. The molecule has 7 heteroatoms. The van der Waals surface area contributed by atoms with Crippen molar-refractivity contribution in [2.75, 3.05) is 18.4 Å². The Balaban J connectivity index is 2.18. The monoisotopic (exact) mass is 318 g/mol. The molecule has 2 atom stereocenters. The third-order valence-electron chi connectivity index (χ3n) is 4.22. The van der Waals surface area contributed by atoms with E-state index in [4.69, 9.17) is 5.84 Å². The van der Waals surface area contributed by atoms with Gasteiger partial charge in [0, 0.05) is 25.7 Å². The summed E-state index contributed by atoms with van der Waals surface area (Å²) in [6.07, 6.45) is 0. The van der Waals surface area contributed by atoms with Crippen LogP contribution in [0.25, 0.3) is 0 Å². The number of aryl methyl sites for hydroxylation is 2. The summed E-state index contributed by atoms with van der Waals surface area (Å²) in [5.74, 6) is 3.04. The molecule has 1 heterocycles. The van der Waals surface area contributed by atoms with E-state index in [1.807, 2.05) is 32.0 Å². The van der Waals surface area contributed by atoms with E-state index in [-0.39, 0.29) is 24.9 Å². The van der Waals surface area contributed by atoms with Gasteiger partial charge in [-0.15, -0.1) is 0 Å². The summed E-state index contributed by atoms with van der Waals surface area (Å²) in [6, 6.07) is 5.71. The van der Waals surface area contributed by atoms with Gasteiger partial charge in [0.15, 0.2) is 0 Å². The largest absolute Gasteiger partial charge is 0.341 e. The van der Waals surface area contributed by atoms with Crippen molar-refractivity contribution in [3.05, 3.63) is 29.3 Å². The van der Waals surface area contributed by atoms with Crippen molar-refractivity contribution < 1.29 is 14.4 Å². The molecule has 1 aliphatic rings. The van der Waals surface area contributed by atoms with E-state index in [1.165, 1.54) is 11.8 Å². The number of benzene rings is 1. The Morgan fingerprint density at radius 3 is 2.26 bits per heavy atom. The summed E-state index contributed by atoms with van der Waals surface area (Å²) in [7, 11) is 0. The Morgan fingerprint density at radius 1 is 1.13 bits per heavy atom. The maximum Gasteiger partial charge on any atom is 0.239 e. The summed E-state index contributed by atoms with van der Waals surface area (Å²) in [6.45, 7) is 5.71. The summed E-state index contributed by atoms with van der Waals surface area (Å²) < 4.78 is 0. The van der Waals surface area contributed by atoms with Gasteiger partial charge in [0.05, 0.1) is 11.8 Å². The maximum absolute atomic E-state index is 12.6. The fraction of sp³-hybridized carbons (Fsp3) is 0.438. The molecule has 0 radical (unpaired) electrons. The normalized spacial score (nSPS) is 20.3. The molecular weight excluding hydrogens is 296 g/mol. The number of nitrogens with zero attached hydrogens (tertiary/aromatic N) is 1. The molecule has 1 aliphatic heterocycles. The number of hydrogen-bond acceptors (Lipinski definition) is 4. The molecule has 1 saturated heterocycles. The predicted octanol–water partition coefficient (Wildman–Crippen LogP) is 0.326. The average Bonchev–Trinajstić information content (AvgIpc) is 2.94. The first-order chi connectivity index (χ1) is 10.8. The second kappa shape index (κ2) is 6.78. The zero-order chi connectivity index (χ0) is 17.1. The van der Waals surface area contributed by atoms with Crippen molar-refractivity contribution >= 4 is 23.4 Å². The van der Waals surface area contributed by atoms with Gasteiger partial charge in [-0.05, 0) is 25.5 Å². The SMILES string of the molecule is CC(=O)N1C[C@H](C(=O)NN)[C@@H](C(=O)Nc2ccc(C)cc2C)C1. The first kappa shape index (κ1) is 17.0. The summed E-state index contributed by atoms with van der Waals surface area (Å²) in [5, 5.41) is 2.85. The zero-order valence-corrected chi connectivity index (χ0v) is 13.6. The van der Waals surface area contributed by atoms with Crippen LogP contribution in [0.4, 0.5) is 5.69 Å². The molecule has 0 aliphatic carbocycles. The van der Waals surface area contributed by atoms with Gasteiger partial charge in [-0.3, -0.25) is 19.8 Å². The van der Waals surface area contributed by atoms with E-state index in [0.29, 0.717) is 5.69 Å². The molecule has 1 aromatic carbocycles. The number of rotatable bonds is 3. The van der Waals surface area contributed by atoms with E-state index in [0.717, 1.165) is 11.1 Å². The number of amides is 3. The van der Waals surface area contributed by atoms with Crippen molar-refractivity contribution in [2.24, 2.45) is 17.7 Å². The third-order valence-corrected chi connectivity index (χ3v) is 4.22. The van der Waals surface area contributed by atoms with Crippen LogP contribution >= 0.6 is 0 Å². The van der Waals surface area contributed by atoms with Gasteiger partial charge >= 0.3 is 0 Å². The highest BCUT2D eigenvalue weighted by Gasteiger charge is 2.42. The Bertz CT molecular complexity index is 644. The van der Waals surface area contributed by atoms with Gasteiger partial charge in [-0.1, -0.05) is 17.7 Å². The fourth-order valence-corrected chi connectivity index (χ4v) is 2.88. The molecule has 1 aromatic rings. The molecule has 2 rings (SSSR count). The lowest BCUT2D eigenvalue weighted by Gasteiger charge is -2.17. The van der Waals surface area contributed by atoms with Crippen molar-refractivity contribution in [3.8, 4) is 0 Å². The Labute approximate surface area is 135 Å². The number of hydrogen-bond donors (Lipinski definition) is 3. The third kappa shape index (κ3) is 3.68. The molecule has 0 unspecified atom stereocenters. The van der Waals surface area contributed by atoms with Crippen molar-refractivity contribution in [1.29, 1.82) is 0 Å². The molecule has 1 fully saturated rings. The number of carbonyl (C=O) groups is 3. The van der Waals surface area contributed by atoms with Crippen molar-refractivity contribution in [3.63, 3.8) is 0 Å². The maximum atomic E-state index is 12.6. The standard InChI is InChI=1S/C16H22N4O3/c1-9-4-5-14(10(2)6-9)18-15(22)12-7-20(11(3)21)8-13(12)16(23)19-17/h4-6,12-13H,7-8,17H2,1-3H3,(H,18,22)(H,19,23)/t12-,13-/m0/s1. The van der Waals surface area contributed by atoms with Crippen LogP contribution in [0.5, 0.6) is 0 Å². The highest BCUT2D eigenvalue weighted by molar-refractivity contribution is 5.97. The van der Waals surface area contributed by atoms with Crippen molar-refractivity contribution in [1.82, 2.24) is 10.3 Å². The summed E-state index contributed by atoms with van der Waals surface area (Å²) >= 11 is 0. The number of likely N-dealkylation sites (tertiary alicyclic amines) is 1.